The molecular weight excluding hydrogens is 290 g/mol. The number of fused-ring (bicyclic) bond motifs is 1. The Hall–Kier alpha value is -2.21. The Balaban J connectivity index is 1.78. The monoisotopic (exact) mass is 313 g/mol. The molecule has 0 fully saturated rings. The molecule has 2 atom stereocenters. The summed E-state index contributed by atoms with van der Waals surface area (Å²) < 4.78 is 1.96. The van der Waals surface area contributed by atoms with Crippen LogP contribution in [0.5, 0.6) is 0 Å². The van der Waals surface area contributed by atoms with Gasteiger partial charge in [-0.3, -0.25) is 10.1 Å². The molecule has 1 aromatic heterocycles. The molecule has 0 spiro atoms. The van der Waals surface area contributed by atoms with Gasteiger partial charge in [0.05, 0.1) is 6.54 Å². The second kappa shape index (κ2) is 6.50. The Kier molecular flexibility index (Phi) is 4.43. The van der Waals surface area contributed by atoms with Crippen LogP contribution in [0.15, 0.2) is 30.3 Å². The summed E-state index contributed by atoms with van der Waals surface area (Å²) in [6, 6.07) is 9.76. The number of amides is 1. The van der Waals surface area contributed by atoms with Gasteiger partial charge in [0, 0.05) is 26.6 Å². The standard InChI is InChI=1S/C17H23N5O/c1-12-18-15-10-9-14(11-22(15)20-12)19-16(17(23)21(2)3)13-7-5-4-6-8-13/h4-8,14,16,19H,9-11H2,1-3H3/t14-,16-/m1/s1. The summed E-state index contributed by atoms with van der Waals surface area (Å²) in [5.74, 6) is 1.91. The Labute approximate surface area is 136 Å². The van der Waals surface area contributed by atoms with E-state index in [4.69, 9.17) is 0 Å². The normalized spacial score (nSPS) is 18.3. The summed E-state index contributed by atoms with van der Waals surface area (Å²) in [5, 5.41) is 7.96. The van der Waals surface area contributed by atoms with E-state index in [0.717, 1.165) is 36.6 Å². The van der Waals surface area contributed by atoms with Crippen LogP contribution in [0.3, 0.4) is 0 Å². The van der Waals surface area contributed by atoms with E-state index in [2.05, 4.69) is 15.4 Å². The SMILES string of the molecule is Cc1nc2n(n1)C[C@H](N[C@@H](C(=O)N(C)C)c1ccccc1)CC2. The third kappa shape index (κ3) is 3.42. The quantitative estimate of drug-likeness (QED) is 0.925. The summed E-state index contributed by atoms with van der Waals surface area (Å²) >= 11 is 0. The lowest BCUT2D eigenvalue weighted by atomic mass is 10.0. The predicted molar refractivity (Wildman–Crippen MR) is 87.9 cm³/mol. The van der Waals surface area contributed by atoms with Crippen LogP contribution in [0.4, 0.5) is 0 Å². The molecule has 0 radical (unpaired) electrons. The Morgan fingerprint density at radius 1 is 1.35 bits per heavy atom. The third-order valence-electron chi connectivity index (χ3n) is 4.19. The number of rotatable bonds is 4. The minimum absolute atomic E-state index is 0.0665. The number of carbonyl (C=O) groups is 1. The molecule has 0 bridgehead atoms. The van der Waals surface area contributed by atoms with Crippen LogP contribution in [0.2, 0.25) is 0 Å². The van der Waals surface area contributed by atoms with Crippen LogP contribution < -0.4 is 5.32 Å². The number of aromatic nitrogens is 3. The Morgan fingerprint density at radius 2 is 2.09 bits per heavy atom. The zero-order chi connectivity index (χ0) is 16.4. The van der Waals surface area contributed by atoms with Gasteiger partial charge in [0.15, 0.2) is 0 Å². The van der Waals surface area contributed by atoms with Gasteiger partial charge in [0.2, 0.25) is 5.91 Å². The summed E-state index contributed by atoms with van der Waals surface area (Å²) in [7, 11) is 3.58. The maximum Gasteiger partial charge on any atom is 0.243 e. The average molecular weight is 313 g/mol. The number of aryl methyl sites for hydroxylation is 2. The van der Waals surface area contributed by atoms with E-state index < -0.39 is 0 Å². The van der Waals surface area contributed by atoms with Gasteiger partial charge < -0.3 is 4.90 Å². The van der Waals surface area contributed by atoms with Gasteiger partial charge in [-0.25, -0.2) is 9.67 Å². The molecule has 0 saturated heterocycles. The van der Waals surface area contributed by atoms with Crippen molar-refractivity contribution in [1.29, 1.82) is 0 Å². The van der Waals surface area contributed by atoms with Crippen molar-refractivity contribution in [3.05, 3.63) is 47.5 Å². The minimum atomic E-state index is -0.331. The van der Waals surface area contributed by atoms with Crippen LogP contribution in [0, 0.1) is 6.92 Å². The van der Waals surface area contributed by atoms with Crippen LogP contribution in [0.25, 0.3) is 0 Å². The van der Waals surface area contributed by atoms with E-state index in [1.54, 1.807) is 19.0 Å². The first-order valence-corrected chi connectivity index (χ1v) is 7.97. The number of likely N-dealkylation sites (N-methyl/N-ethyl adjacent to an activating group) is 1. The zero-order valence-corrected chi connectivity index (χ0v) is 13.9. The molecule has 2 heterocycles. The first-order chi connectivity index (χ1) is 11.0. The van der Waals surface area contributed by atoms with Gasteiger partial charge in [-0.15, -0.1) is 0 Å². The largest absolute Gasteiger partial charge is 0.347 e. The summed E-state index contributed by atoms with van der Waals surface area (Å²) in [6.07, 6.45) is 1.85. The van der Waals surface area contributed by atoms with Crippen molar-refractivity contribution in [2.24, 2.45) is 0 Å². The van der Waals surface area contributed by atoms with Crippen molar-refractivity contribution in [1.82, 2.24) is 25.0 Å². The van der Waals surface area contributed by atoms with Crippen molar-refractivity contribution in [2.75, 3.05) is 14.1 Å². The predicted octanol–water partition coefficient (Wildman–Crippen LogP) is 1.32. The van der Waals surface area contributed by atoms with Crippen molar-refractivity contribution in [2.45, 2.75) is 38.4 Å². The van der Waals surface area contributed by atoms with Crippen LogP contribution in [-0.2, 0) is 17.8 Å². The van der Waals surface area contributed by atoms with E-state index in [9.17, 15) is 4.79 Å². The van der Waals surface area contributed by atoms with Crippen molar-refractivity contribution < 1.29 is 4.79 Å². The number of benzene rings is 1. The molecule has 122 valence electrons. The van der Waals surface area contributed by atoms with Crippen LogP contribution in [0.1, 0.15) is 29.7 Å². The average Bonchev–Trinajstić information content (AvgIpc) is 2.92. The van der Waals surface area contributed by atoms with Crippen LogP contribution >= 0.6 is 0 Å². The first kappa shape index (κ1) is 15.7. The lowest BCUT2D eigenvalue weighted by Gasteiger charge is -2.29. The Bertz CT molecular complexity index is 680. The molecule has 23 heavy (non-hydrogen) atoms. The van der Waals surface area contributed by atoms with Gasteiger partial charge in [-0.2, -0.15) is 5.10 Å². The lowest BCUT2D eigenvalue weighted by molar-refractivity contribution is -0.131. The molecular formula is C17H23N5O. The molecule has 0 aliphatic carbocycles. The molecule has 6 heteroatoms. The van der Waals surface area contributed by atoms with Crippen LogP contribution in [-0.4, -0.2) is 45.7 Å². The van der Waals surface area contributed by atoms with E-state index in [-0.39, 0.29) is 18.0 Å². The zero-order valence-electron chi connectivity index (χ0n) is 13.9. The van der Waals surface area contributed by atoms with Crippen molar-refractivity contribution >= 4 is 5.91 Å². The number of hydrogen-bond donors (Lipinski definition) is 1. The second-order valence-electron chi connectivity index (χ2n) is 6.24. The molecule has 1 aliphatic heterocycles. The van der Waals surface area contributed by atoms with E-state index in [1.807, 2.05) is 41.9 Å². The summed E-state index contributed by atoms with van der Waals surface area (Å²) in [5.41, 5.74) is 0.992. The summed E-state index contributed by atoms with van der Waals surface area (Å²) in [6.45, 7) is 2.66. The number of nitrogens with zero attached hydrogens (tertiary/aromatic N) is 4. The van der Waals surface area contributed by atoms with Gasteiger partial charge in [-0.05, 0) is 18.9 Å². The Morgan fingerprint density at radius 3 is 2.78 bits per heavy atom. The van der Waals surface area contributed by atoms with Crippen molar-refractivity contribution in [3.8, 4) is 0 Å². The fraction of sp³-hybridized carbons (Fsp3) is 0.471. The van der Waals surface area contributed by atoms with E-state index in [0.29, 0.717) is 0 Å². The van der Waals surface area contributed by atoms with E-state index >= 15 is 0 Å². The smallest absolute Gasteiger partial charge is 0.243 e. The van der Waals surface area contributed by atoms with E-state index in [1.165, 1.54) is 0 Å². The topological polar surface area (TPSA) is 63.1 Å². The molecule has 0 saturated carbocycles. The first-order valence-electron chi connectivity index (χ1n) is 7.97. The highest BCUT2D eigenvalue weighted by molar-refractivity contribution is 5.82. The van der Waals surface area contributed by atoms with Crippen molar-refractivity contribution in [3.63, 3.8) is 0 Å². The highest BCUT2D eigenvalue weighted by Crippen LogP contribution is 2.20. The highest BCUT2D eigenvalue weighted by Gasteiger charge is 2.28. The lowest BCUT2D eigenvalue weighted by Crippen LogP contribution is -2.45. The molecule has 2 aromatic rings. The van der Waals surface area contributed by atoms with Gasteiger partial charge >= 0.3 is 0 Å². The van der Waals surface area contributed by atoms with Gasteiger partial charge in [0.25, 0.3) is 0 Å². The molecule has 1 aromatic carbocycles. The minimum Gasteiger partial charge on any atom is -0.347 e. The summed E-state index contributed by atoms with van der Waals surface area (Å²) in [4.78, 5) is 18.7. The molecule has 1 amide bonds. The fourth-order valence-electron chi connectivity index (χ4n) is 3.02. The number of hydrogen-bond acceptors (Lipinski definition) is 4. The number of nitrogens with one attached hydrogen (secondary N) is 1. The molecule has 1 N–H and O–H groups in total. The maximum absolute atomic E-state index is 12.6. The maximum atomic E-state index is 12.6. The molecule has 3 rings (SSSR count). The number of carbonyl (C=O) groups excluding carboxylic acids is 1. The molecule has 0 unspecified atom stereocenters. The van der Waals surface area contributed by atoms with Gasteiger partial charge in [-0.1, -0.05) is 30.3 Å². The molecule has 1 aliphatic rings. The third-order valence-corrected chi connectivity index (χ3v) is 4.19. The fourth-order valence-corrected chi connectivity index (χ4v) is 3.02. The highest BCUT2D eigenvalue weighted by atomic mass is 16.2. The second-order valence-corrected chi connectivity index (χ2v) is 6.24. The van der Waals surface area contributed by atoms with Gasteiger partial charge in [0.1, 0.15) is 17.7 Å². The molecule has 6 nitrogen and oxygen atoms in total.